The maximum absolute atomic E-state index is 12.8. The molecule has 0 atom stereocenters. The first-order valence-corrected chi connectivity index (χ1v) is 11.8. The number of imidazole rings is 1. The van der Waals surface area contributed by atoms with Gasteiger partial charge in [0.2, 0.25) is 0 Å². The molecule has 0 aliphatic carbocycles. The molecule has 0 radical (unpaired) electrons. The summed E-state index contributed by atoms with van der Waals surface area (Å²) in [4.78, 5) is 28.1. The number of aromatic nitrogens is 2. The molecule has 0 saturated carbocycles. The molecule has 8 nitrogen and oxygen atoms in total. The minimum Gasteiger partial charge on any atom is -0.435 e. The van der Waals surface area contributed by atoms with E-state index in [1.54, 1.807) is 24.3 Å². The quantitative estimate of drug-likeness (QED) is 0.453. The zero-order valence-corrected chi connectivity index (χ0v) is 18.0. The van der Waals surface area contributed by atoms with Crippen molar-refractivity contribution < 1.29 is 27.4 Å². The summed E-state index contributed by atoms with van der Waals surface area (Å²) in [6.45, 7) is -1.12. The summed E-state index contributed by atoms with van der Waals surface area (Å²) < 4.78 is 50.4. The number of alkyl halides is 2. The third-order valence-electron chi connectivity index (χ3n) is 5.62. The van der Waals surface area contributed by atoms with Gasteiger partial charge in [0.15, 0.2) is 0 Å². The van der Waals surface area contributed by atoms with Gasteiger partial charge in [0, 0.05) is 28.7 Å². The second-order valence-electron chi connectivity index (χ2n) is 8.10. The summed E-state index contributed by atoms with van der Waals surface area (Å²) in [5.41, 5.74) is 0.503. The minimum absolute atomic E-state index is 0.0768. The van der Waals surface area contributed by atoms with Gasteiger partial charge in [0.05, 0.1) is 16.7 Å². The summed E-state index contributed by atoms with van der Waals surface area (Å²) in [5, 5.41) is 2.96. The molecule has 0 bridgehead atoms. The topological polar surface area (TPSA) is 117 Å². The van der Waals surface area contributed by atoms with Crippen molar-refractivity contribution in [3.8, 4) is 11.4 Å². The number of hydrogen-bond acceptors (Lipinski definition) is 5. The lowest BCUT2D eigenvalue weighted by atomic mass is 9.94. The van der Waals surface area contributed by atoms with Crippen LogP contribution >= 0.6 is 10.6 Å². The molecule has 2 heterocycles. The first-order valence-electron chi connectivity index (χ1n) is 9.91. The van der Waals surface area contributed by atoms with E-state index in [9.17, 15) is 27.5 Å². The number of nitrogens with one attached hydrogen (secondary N) is 2. The lowest BCUT2D eigenvalue weighted by molar-refractivity contribution is -0.0498. The number of nitrogens with zero attached hydrogens (tertiary/aromatic N) is 1. The molecule has 4 rings (SSSR count). The monoisotopic (exact) mass is 467 g/mol. The predicted octanol–water partition coefficient (Wildman–Crippen LogP) is 3.95. The summed E-state index contributed by atoms with van der Waals surface area (Å²) in [5.74, 6) is 0.0708. The molecule has 1 fully saturated rings. The lowest BCUT2D eigenvalue weighted by Gasteiger charge is -2.44. The van der Waals surface area contributed by atoms with Crippen LogP contribution in [-0.4, -0.2) is 48.2 Å². The van der Waals surface area contributed by atoms with Gasteiger partial charge in [0.25, 0.3) is 5.91 Å². The molecule has 32 heavy (non-hydrogen) atoms. The van der Waals surface area contributed by atoms with Crippen molar-refractivity contribution in [1.29, 1.82) is 0 Å². The molecule has 2 aromatic carbocycles. The average molecular weight is 467 g/mol. The highest BCUT2D eigenvalue weighted by atomic mass is 32.3. The van der Waals surface area contributed by atoms with Gasteiger partial charge in [-0.15, -0.1) is 0 Å². The van der Waals surface area contributed by atoms with Gasteiger partial charge in [-0.25, -0.2) is 4.79 Å². The number of benzene rings is 2. The molecule has 1 aliphatic heterocycles. The van der Waals surface area contributed by atoms with Crippen molar-refractivity contribution in [1.82, 2.24) is 14.9 Å². The highest BCUT2D eigenvalue weighted by Crippen LogP contribution is 2.46. The van der Waals surface area contributed by atoms with E-state index in [2.05, 4.69) is 15.0 Å². The van der Waals surface area contributed by atoms with Crippen molar-refractivity contribution in [2.75, 3.05) is 11.5 Å². The highest BCUT2D eigenvalue weighted by molar-refractivity contribution is 8.24. The van der Waals surface area contributed by atoms with Gasteiger partial charge in [0.1, 0.15) is 5.75 Å². The van der Waals surface area contributed by atoms with Crippen molar-refractivity contribution in [3.05, 3.63) is 58.5 Å². The number of H-pyrrole nitrogens is 1. The smallest absolute Gasteiger partial charge is 0.387 e. The van der Waals surface area contributed by atoms with E-state index in [1.165, 1.54) is 22.8 Å². The molecule has 4 N–H and O–H groups in total. The van der Waals surface area contributed by atoms with Crippen LogP contribution in [0.3, 0.4) is 0 Å². The number of carbonyl (C=O) groups is 1. The normalized spacial score (nSPS) is 18.4. The number of aromatic amines is 1. The van der Waals surface area contributed by atoms with E-state index in [0.29, 0.717) is 35.1 Å². The van der Waals surface area contributed by atoms with E-state index >= 15 is 0 Å². The van der Waals surface area contributed by atoms with Crippen LogP contribution in [0, 0.1) is 0 Å². The molecule has 3 aromatic rings. The van der Waals surface area contributed by atoms with Crippen LogP contribution in [0.15, 0.2) is 47.3 Å². The molecule has 0 spiro atoms. The SMILES string of the molecule is CC1(NC(=O)c2ccc3c(c2)[nH]c(=O)n3-c2cccc(OC(F)F)c2)CCS(O)(O)CC1. The third-order valence-corrected chi connectivity index (χ3v) is 7.34. The van der Waals surface area contributed by atoms with Crippen molar-refractivity contribution >= 4 is 27.5 Å². The first kappa shape index (κ1) is 22.3. The lowest BCUT2D eigenvalue weighted by Crippen LogP contribution is -2.50. The Hall–Kier alpha value is -2.89. The number of hydrogen-bond donors (Lipinski definition) is 4. The van der Waals surface area contributed by atoms with Gasteiger partial charge < -0.3 is 15.0 Å². The molecule has 1 saturated heterocycles. The first-order chi connectivity index (χ1) is 15.1. The third kappa shape index (κ3) is 4.64. The fourth-order valence-corrected chi connectivity index (χ4v) is 5.54. The summed E-state index contributed by atoms with van der Waals surface area (Å²) >= 11 is 0. The number of rotatable bonds is 5. The van der Waals surface area contributed by atoms with Gasteiger partial charge >= 0.3 is 12.3 Å². The van der Waals surface area contributed by atoms with Gasteiger partial charge in [-0.05, 0) is 50.1 Å². The maximum atomic E-state index is 12.8. The Balaban J connectivity index is 1.60. The summed E-state index contributed by atoms with van der Waals surface area (Å²) in [7, 11) is -2.57. The Labute approximate surface area is 183 Å². The Bertz CT molecular complexity index is 1210. The fraction of sp³-hybridized carbons (Fsp3) is 0.333. The van der Waals surface area contributed by atoms with Gasteiger partial charge in [-0.1, -0.05) is 6.07 Å². The molecule has 11 heteroatoms. The molecule has 0 unspecified atom stereocenters. The summed E-state index contributed by atoms with van der Waals surface area (Å²) in [6, 6.07) is 10.5. The molecule has 172 valence electrons. The molecule has 1 aromatic heterocycles. The van der Waals surface area contributed by atoms with Crippen LogP contribution in [0.25, 0.3) is 16.7 Å². The van der Waals surface area contributed by atoms with Gasteiger partial charge in [-0.2, -0.15) is 19.4 Å². The molecule has 1 amide bonds. The van der Waals surface area contributed by atoms with Crippen LogP contribution in [0.5, 0.6) is 5.75 Å². The van der Waals surface area contributed by atoms with E-state index in [-0.39, 0.29) is 23.2 Å². The maximum Gasteiger partial charge on any atom is 0.387 e. The fourth-order valence-electron chi connectivity index (χ4n) is 3.78. The zero-order chi connectivity index (χ0) is 23.1. The number of carbonyl (C=O) groups excluding carboxylic acids is 1. The Kier molecular flexibility index (Phi) is 5.74. The van der Waals surface area contributed by atoms with E-state index in [4.69, 9.17) is 0 Å². The van der Waals surface area contributed by atoms with Crippen LogP contribution in [0.4, 0.5) is 8.78 Å². The second kappa shape index (κ2) is 8.23. The van der Waals surface area contributed by atoms with Crippen molar-refractivity contribution in [2.45, 2.75) is 31.9 Å². The standard InChI is InChI=1S/C21H23F2N3O5S/c1-21(7-9-32(29,30)10-8-21)25-18(27)13-5-6-17-16(11-13)24-20(28)26(17)14-3-2-4-15(12-14)31-19(22)23/h2-6,11-12,19,29-30H,7-10H2,1H3,(H,24,28)(H,25,27). The minimum atomic E-state index is -2.98. The van der Waals surface area contributed by atoms with Crippen molar-refractivity contribution in [3.63, 3.8) is 0 Å². The number of amides is 1. The Morgan fingerprint density at radius 2 is 1.94 bits per heavy atom. The summed E-state index contributed by atoms with van der Waals surface area (Å²) in [6.07, 6.45) is 0.904. The van der Waals surface area contributed by atoms with E-state index < -0.39 is 28.4 Å². The van der Waals surface area contributed by atoms with E-state index in [1.807, 2.05) is 6.92 Å². The number of halogens is 2. The van der Waals surface area contributed by atoms with Crippen LogP contribution < -0.4 is 15.7 Å². The highest BCUT2D eigenvalue weighted by Gasteiger charge is 2.34. The Morgan fingerprint density at radius 3 is 2.62 bits per heavy atom. The average Bonchev–Trinajstić information content (AvgIpc) is 3.05. The Morgan fingerprint density at radius 1 is 1.22 bits per heavy atom. The second-order valence-corrected chi connectivity index (χ2v) is 10.5. The van der Waals surface area contributed by atoms with Crippen LogP contribution in [-0.2, 0) is 0 Å². The molecular weight excluding hydrogens is 444 g/mol. The van der Waals surface area contributed by atoms with Crippen LogP contribution in [0.2, 0.25) is 0 Å². The largest absolute Gasteiger partial charge is 0.435 e. The molecular formula is C21H23F2N3O5S. The van der Waals surface area contributed by atoms with Gasteiger partial charge in [-0.3, -0.25) is 18.5 Å². The van der Waals surface area contributed by atoms with Crippen LogP contribution in [0.1, 0.15) is 30.1 Å². The van der Waals surface area contributed by atoms with E-state index in [0.717, 1.165) is 0 Å². The number of fused-ring (bicyclic) bond motifs is 1. The number of ether oxygens (including phenoxy) is 1. The zero-order valence-electron chi connectivity index (χ0n) is 17.2. The predicted molar refractivity (Wildman–Crippen MR) is 118 cm³/mol. The molecule has 1 aliphatic rings. The van der Waals surface area contributed by atoms with Crippen molar-refractivity contribution in [2.24, 2.45) is 0 Å².